The van der Waals surface area contributed by atoms with Crippen LogP contribution in [0, 0.1) is 10.8 Å². The molecule has 0 radical (unpaired) electrons. The van der Waals surface area contributed by atoms with Crippen molar-refractivity contribution in [2.45, 2.75) is 0 Å². The third kappa shape index (κ3) is 2.79. The van der Waals surface area contributed by atoms with Gasteiger partial charge in [-0.2, -0.15) is 0 Å². The Morgan fingerprint density at radius 2 is 1.58 bits per heavy atom. The summed E-state index contributed by atoms with van der Waals surface area (Å²) in [5.74, 6) is -0.129. The minimum atomic E-state index is -0.546. The predicted molar refractivity (Wildman–Crippen MR) is 75.9 cm³/mol. The molecule has 98 valence electrons. The molecular weight excluding hydrogens is 242 g/mol. The highest BCUT2D eigenvalue weighted by Gasteiger charge is 2.21. The molecule has 1 aromatic carbocycles. The monoisotopic (exact) mass is 257 g/mol. The van der Waals surface area contributed by atoms with E-state index in [9.17, 15) is 4.79 Å². The van der Waals surface area contributed by atoms with Gasteiger partial charge in [0.15, 0.2) is 0 Å². The van der Waals surface area contributed by atoms with E-state index in [1.165, 1.54) is 0 Å². The fourth-order valence-corrected chi connectivity index (χ4v) is 1.70. The zero-order valence-corrected chi connectivity index (χ0v) is 10.7. The van der Waals surface area contributed by atoms with Crippen LogP contribution in [0.15, 0.2) is 29.8 Å². The second-order valence-corrected chi connectivity index (χ2v) is 4.37. The maximum atomic E-state index is 11.1. The fourth-order valence-electron chi connectivity index (χ4n) is 1.70. The first-order chi connectivity index (χ1) is 8.97. The average molecular weight is 257 g/mol. The van der Waals surface area contributed by atoms with Crippen molar-refractivity contribution in [3.63, 3.8) is 0 Å². The van der Waals surface area contributed by atoms with Crippen molar-refractivity contribution in [2.75, 3.05) is 19.0 Å². The normalized spacial score (nSPS) is 14.8. The Kier molecular flexibility index (Phi) is 3.33. The summed E-state index contributed by atoms with van der Waals surface area (Å²) in [5.41, 5.74) is 2.30. The topological polar surface area (TPSA) is 92.1 Å². The van der Waals surface area contributed by atoms with E-state index in [1.807, 2.05) is 43.3 Å². The molecule has 1 fully saturated rings. The summed E-state index contributed by atoms with van der Waals surface area (Å²) in [5, 5.41) is 20.0. The third-order valence-electron chi connectivity index (χ3n) is 2.74. The van der Waals surface area contributed by atoms with Crippen LogP contribution in [-0.2, 0) is 0 Å². The number of amides is 2. The number of anilines is 1. The molecular formula is C13H15N5O. The average Bonchev–Trinajstić information content (AvgIpc) is 2.34. The number of nitrogens with zero attached hydrogens (tertiary/aromatic N) is 1. The highest BCUT2D eigenvalue weighted by atomic mass is 16.2. The Morgan fingerprint density at radius 3 is 2.05 bits per heavy atom. The highest BCUT2D eigenvalue weighted by molar-refractivity contribution is 6.32. The molecule has 1 aliphatic heterocycles. The predicted octanol–water partition coefficient (Wildman–Crippen LogP) is 1.40. The van der Waals surface area contributed by atoms with Gasteiger partial charge in [0.2, 0.25) is 0 Å². The lowest BCUT2D eigenvalue weighted by Gasteiger charge is -2.19. The van der Waals surface area contributed by atoms with Crippen LogP contribution in [0.3, 0.4) is 0 Å². The quantitative estimate of drug-likeness (QED) is 0.645. The standard InChI is InChI=1S/C13H15N5O/c1-18(2)9-5-3-8(4-6-9)7-10-11(14)16-13(19)17-12(10)15/h3-7H,1-2H3,(H4,14,15,16,17,19). The van der Waals surface area contributed by atoms with Crippen LogP contribution < -0.4 is 15.5 Å². The summed E-state index contributed by atoms with van der Waals surface area (Å²) >= 11 is 0. The Bertz CT molecular complexity index is 549. The molecule has 0 atom stereocenters. The maximum absolute atomic E-state index is 11.1. The van der Waals surface area contributed by atoms with E-state index in [-0.39, 0.29) is 11.7 Å². The number of hydrogen-bond donors (Lipinski definition) is 4. The molecule has 0 aliphatic carbocycles. The SMILES string of the molecule is CN(C)c1ccc(C=C2C(=N)NC(=O)NC2=N)cc1. The number of urea groups is 1. The number of carbonyl (C=O) groups excluding carboxylic acids is 1. The molecule has 0 aromatic heterocycles. The van der Waals surface area contributed by atoms with Crippen LogP contribution in [0.1, 0.15) is 5.56 Å². The summed E-state index contributed by atoms with van der Waals surface area (Å²) in [6.07, 6.45) is 1.69. The lowest BCUT2D eigenvalue weighted by atomic mass is 10.1. The van der Waals surface area contributed by atoms with Gasteiger partial charge in [-0.3, -0.25) is 21.5 Å². The Hall–Kier alpha value is -2.63. The van der Waals surface area contributed by atoms with Gasteiger partial charge in [0.1, 0.15) is 11.7 Å². The molecule has 6 nitrogen and oxygen atoms in total. The second kappa shape index (κ2) is 4.93. The van der Waals surface area contributed by atoms with Gasteiger partial charge in [-0.05, 0) is 23.8 Å². The van der Waals surface area contributed by atoms with Gasteiger partial charge >= 0.3 is 6.03 Å². The van der Waals surface area contributed by atoms with E-state index in [0.717, 1.165) is 11.3 Å². The first-order valence-electron chi connectivity index (χ1n) is 5.72. The lowest BCUT2D eigenvalue weighted by molar-refractivity contribution is 0.249. The van der Waals surface area contributed by atoms with Crippen LogP contribution in [0.25, 0.3) is 6.08 Å². The van der Waals surface area contributed by atoms with Gasteiger partial charge in [-0.25, -0.2) is 4.79 Å². The smallest absolute Gasteiger partial charge is 0.326 e. The van der Waals surface area contributed by atoms with Crippen LogP contribution in [0.4, 0.5) is 10.5 Å². The van der Waals surface area contributed by atoms with E-state index in [0.29, 0.717) is 5.57 Å². The zero-order chi connectivity index (χ0) is 14.0. The molecule has 0 saturated carbocycles. The van der Waals surface area contributed by atoms with Gasteiger partial charge in [-0.15, -0.1) is 0 Å². The summed E-state index contributed by atoms with van der Waals surface area (Å²) < 4.78 is 0. The van der Waals surface area contributed by atoms with E-state index >= 15 is 0 Å². The Morgan fingerprint density at radius 1 is 1.05 bits per heavy atom. The molecule has 4 N–H and O–H groups in total. The van der Waals surface area contributed by atoms with Crippen LogP contribution in [-0.4, -0.2) is 31.8 Å². The van der Waals surface area contributed by atoms with Crippen molar-refractivity contribution in [3.05, 3.63) is 35.4 Å². The molecule has 2 amide bonds. The molecule has 0 spiro atoms. The third-order valence-corrected chi connectivity index (χ3v) is 2.74. The number of rotatable bonds is 2. The highest BCUT2D eigenvalue weighted by Crippen LogP contribution is 2.15. The van der Waals surface area contributed by atoms with Crippen LogP contribution in [0.2, 0.25) is 0 Å². The summed E-state index contributed by atoms with van der Waals surface area (Å²) in [6.45, 7) is 0. The zero-order valence-electron chi connectivity index (χ0n) is 10.7. The van der Waals surface area contributed by atoms with Crippen molar-refractivity contribution < 1.29 is 4.79 Å². The molecule has 1 heterocycles. The maximum Gasteiger partial charge on any atom is 0.326 e. The molecule has 6 heteroatoms. The fraction of sp³-hybridized carbons (Fsp3) is 0.154. The first kappa shape index (κ1) is 12.8. The number of hydrogen-bond acceptors (Lipinski definition) is 4. The number of benzene rings is 1. The minimum absolute atomic E-state index is 0.0644. The number of amidine groups is 2. The van der Waals surface area contributed by atoms with Crippen molar-refractivity contribution in [3.8, 4) is 0 Å². The molecule has 1 aliphatic rings. The lowest BCUT2D eigenvalue weighted by Crippen LogP contribution is -2.50. The van der Waals surface area contributed by atoms with E-state index < -0.39 is 6.03 Å². The molecule has 1 aromatic rings. The summed E-state index contributed by atoms with van der Waals surface area (Å²) in [7, 11) is 3.92. The van der Waals surface area contributed by atoms with E-state index in [1.54, 1.807) is 6.08 Å². The van der Waals surface area contributed by atoms with Crippen LogP contribution >= 0.6 is 0 Å². The molecule has 0 unspecified atom stereocenters. The van der Waals surface area contributed by atoms with Crippen molar-refractivity contribution in [2.24, 2.45) is 0 Å². The molecule has 2 rings (SSSR count). The van der Waals surface area contributed by atoms with Gasteiger partial charge in [0, 0.05) is 19.8 Å². The number of carbonyl (C=O) groups is 1. The van der Waals surface area contributed by atoms with Crippen LogP contribution in [0.5, 0.6) is 0 Å². The minimum Gasteiger partial charge on any atom is -0.378 e. The van der Waals surface area contributed by atoms with Crippen molar-refractivity contribution >= 4 is 29.5 Å². The second-order valence-electron chi connectivity index (χ2n) is 4.37. The summed E-state index contributed by atoms with van der Waals surface area (Å²) in [4.78, 5) is 13.1. The van der Waals surface area contributed by atoms with E-state index in [2.05, 4.69) is 10.6 Å². The van der Waals surface area contributed by atoms with Gasteiger partial charge in [0.25, 0.3) is 0 Å². The largest absolute Gasteiger partial charge is 0.378 e. The molecule has 1 saturated heterocycles. The number of nitrogens with one attached hydrogen (secondary N) is 4. The van der Waals surface area contributed by atoms with Gasteiger partial charge in [0.05, 0.1) is 5.57 Å². The van der Waals surface area contributed by atoms with Gasteiger partial charge in [-0.1, -0.05) is 12.1 Å². The Labute approximate surface area is 111 Å². The first-order valence-corrected chi connectivity index (χ1v) is 5.72. The summed E-state index contributed by atoms with van der Waals surface area (Å²) in [6, 6.07) is 7.16. The van der Waals surface area contributed by atoms with Crippen molar-refractivity contribution in [1.29, 1.82) is 10.8 Å². The van der Waals surface area contributed by atoms with Crippen molar-refractivity contribution in [1.82, 2.24) is 10.6 Å². The molecule has 19 heavy (non-hydrogen) atoms. The Balaban J connectivity index is 2.27. The van der Waals surface area contributed by atoms with E-state index in [4.69, 9.17) is 10.8 Å². The van der Waals surface area contributed by atoms with Gasteiger partial charge < -0.3 is 4.90 Å². The molecule has 0 bridgehead atoms.